The van der Waals surface area contributed by atoms with E-state index in [4.69, 9.17) is 32.3 Å². The zero-order valence-electron chi connectivity index (χ0n) is 56.5. The molecular formula is C73H124O16P2. The highest BCUT2D eigenvalue weighted by atomic mass is 31.2. The molecule has 91 heavy (non-hydrogen) atoms. The lowest BCUT2D eigenvalue weighted by Crippen LogP contribution is -2.30. The van der Waals surface area contributed by atoms with Crippen LogP contribution in [0.2, 0.25) is 0 Å². The molecule has 4 N–H and O–H groups in total. The van der Waals surface area contributed by atoms with Gasteiger partial charge in [-0.05, 0) is 103 Å². The van der Waals surface area contributed by atoms with E-state index in [0.29, 0.717) is 25.7 Å². The molecule has 5 atom stereocenters. The topological polar surface area (TPSA) is 231 Å². The number of esters is 3. The largest absolute Gasteiger partial charge is 0.472 e. The first-order chi connectivity index (χ1) is 44.2. The molecule has 0 heterocycles. The molecule has 522 valence electrons. The van der Waals surface area contributed by atoms with Crippen LogP contribution in [0.15, 0.2) is 122 Å². The monoisotopic (exact) mass is 1320 g/mol. The van der Waals surface area contributed by atoms with Crippen molar-refractivity contribution in [3.63, 3.8) is 0 Å². The Kier molecular flexibility index (Phi) is 63.1. The maximum absolute atomic E-state index is 12.9. The molecule has 0 aromatic rings. The number of aliphatic hydroxyl groups is 2. The van der Waals surface area contributed by atoms with Crippen molar-refractivity contribution in [2.24, 2.45) is 0 Å². The van der Waals surface area contributed by atoms with Crippen LogP contribution in [0.5, 0.6) is 0 Å². The van der Waals surface area contributed by atoms with E-state index in [2.05, 4.69) is 130 Å². The van der Waals surface area contributed by atoms with Gasteiger partial charge >= 0.3 is 33.6 Å². The normalized spacial score (nSPS) is 14.9. The summed E-state index contributed by atoms with van der Waals surface area (Å²) >= 11 is 0. The molecular weight excluding hydrogens is 1190 g/mol. The second kappa shape index (κ2) is 66.0. The third-order valence-corrected chi connectivity index (χ3v) is 16.1. The van der Waals surface area contributed by atoms with Crippen LogP contribution in [0.4, 0.5) is 0 Å². The van der Waals surface area contributed by atoms with Crippen LogP contribution in [0.3, 0.4) is 0 Å². The maximum atomic E-state index is 12.9. The van der Waals surface area contributed by atoms with Gasteiger partial charge in [0.15, 0.2) is 6.10 Å². The van der Waals surface area contributed by atoms with Gasteiger partial charge in [0, 0.05) is 19.3 Å². The molecule has 0 aliphatic carbocycles. The number of hydrogen-bond donors (Lipinski definition) is 4. The Morgan fingerprint density at radius 1 is 0.319 bits per heavy atom. The third-order valence-electron chi connectivity index (χ3n) is 14.2. The van der Waals surface area contributed by atoms with Gasteiger partial charge in [-0.15, -0.1) is 0 Å². The lowest BCUT2D eigenvalue weighted by atomic mass is 10.0. The molecule has 0 saturated heterocycles. The van der Waals surface area contributed by atoms with E-state index in [9.17, 15) is 43.5 Å². The quantitative estimate of drug-likeness (QED) is 0.0146. The summed E-state index contributed by atoms with van der Waals surface area (Å²) in [4.78, 5) is 58.4. The van der Waals surface area contributed by atoms with Gasteiger partial charge in [0.1, 0.15) is 25.4 Å². The van der Waals surface area contributed by atoms with Gasteiger partial charge in [0.2, 0.25) is 0 Å². The molecule has 0 spiro atoms. The van der Waals surface area contributed by atoms with Gasteiger partial charge < -0.3 is 34.2 Å². The molecule has 0 aliphatic rings. The fraction of sp³-hybridized carbons (Fsp3) is 0.685. The number of carbonyl (C=O) groups is 3. The van der Waals surface area contributed by atoms with Crippen molar-refractivity contribution in [3.8, 4) is 0 Å². The molecule has 18 heteroatoms. The summed E-state index contributed by atoms with van der Waals surface area (Å²) in [6.45, 7) is 2.37. The fourth-order valence-electron chi connectivity index (χ4n) is 8.93. The van der Waals surface area contributed by atoms with Crippen LogP contribution in [0, 0.1) is 0 Å². The molecule has 0 aromatic heterocycles. The summed E-state index contributed by atoms with van der Waals surface area (Å²) in [6, 6.07) is 0. The molecule has 0 radical (unpaired) electrons. The number of phosphoric ester groups is 2. The second-order valence-corrected chi connectivity index (χ2v) is 25.8. The molecule has 5 unspecified atom stereocenters. The summed E-state index contributed by atoms with van der Waals surface area (Å²) in [7, 11) is -9.80. The van der Waals surface area contributed by atoms with Crippen molar-refractivity contribution in [1.82, 2.24) is 0 Å². The first-order valence-corrected chi connectivity index (χ1v) is 37.8. The van der Waals surface area contributed by atoms with Crippen LogP contribution in [-0.2, 0) is 55.8 Å². The van der Waals surface area contributed by atoms with Gasteiger partial charge in [-0.25, -0.2) is 9.13 Å². The fourth-order valence-corrected chi connectivity index (χ4v) is 10.5. The van der Waals surface area contributed by atoms with E-state index in [1.807, 2.05) is 12.2 Å². The number of allylic oxidation sites excluding steroid dienone is 20. The number of unbranched alkanes of at least 4 members (excludes halogenated alkanes) is 22. The SMILES string of the molecule is CC/C=C\C/C=C\C/C=C\C/C=C\C/C=C\CCCCCCCCCC(=O)OCC(O)COP(=O)(O)OCC(O)COP(=O)(O)OCC(COC(=O)CCC/C=C\C/C=C\C/C=C\C/C=C\C/C=C\CC)OC(=O)CCCCCCCCCCCCCCCCC. The lowest BCUT2D eigenvalue weighted by molar-refractivity contribution is -0.161. The summed E-state index contributed by atoms with van der Waals surface area (Å²) in [6.07, 6.45) is 75.4. The first kappa shape index (κ1) is 87.0. The minimum Gasteiger partial charge on any atom is -0.463 e. The number of hydrogen-bond acceptors (Lipinski definition) is 14. The predicted molar refractivity (Wildman–Crippen MR) is 371 cm³/mol. The molecule has 0 aliphatic heterocycles. The zero-order valence-corrected chi connectivity index (χ0v) is 58.3. The standard InChI is InChI=1S/C73H124O16P2/c1-4-7-10-13-16-19-22-25-28-30-31-32-33-34-35-37-40-41-44-47-50-53-56-59-71(76)83-62-68(74)63-85-90(79,80)86-64-69(75)65-87-91(81,82)88-67-70(89-73(78)61-58-55-52-49-46-43-38-27-24-21-18-15-12-9-6-3)66-84-72(77)60-57-54-51-48-45-42-39-36-29-26-23-20-17-14-11-8-5-2/h7-8,10-11,16-17,19-20,25-26,28-29,31-32,34-35,39,42,48,51,68-70,74-75H,4-6,9,12-15,18,21-24,27,30,33,36-38,40-41,43-47,49-50,52-67H2,1-3H3,(H,79,80)(H,81,82)/b10-7-,11-8-,19-16-,20-17-,28-25-,29-26-,32-31-,35-34-,42-39-,51-48-. The third kappa shape index (κ3) is 67.2. The van der Waals surface area contributed by atoms with Crippen molar-refractivity contribution in [2.45, 2.75) is 283 Å². The Balaban J connectivity index is 4.67. The number of carbonyl (C=O) groups excluding carboxylic acids is 3. The van der Waals surface area contributed by atoms with Gasteiger partial charge in [-0.2, -0.15) is 0 Å². The molecule has 0 aromatic carbocycles. The van der Waals surface area contributed by atoms with Gasteiger partial charge in [0.05, 0.1) is 26.4 Å². The van der Waals surface area contributed by atoms with E-state index in [1.165, 1.54) is 64.2 Å². The second-order valence-electron chi connectivity index (χ2n) is 22.9. The minimum absolute atomic E-state index is 0.0914. The molecule has 0 saturated carbocycles. The Labute approximate surface area is 551 Å². The minimum atomic E-state index is -4.94. The summed E-state index contributed by atoms with van der Waals surface area (Å²) in [5, 5.41) is 20.6. The summed E-state index contributed by atoms with van der Waals surface area (Å²) < 4.78 is 60.9. The van der Waals surface area contributed by atoms with Crippen molar-refractivity contribution in [1.29, 1.82) is 0 Å². The Morgan fingerprint density at radius 2 is 0.593 bits per heavy atom. The smallest absolute Gasteiger partial charge is 0.463 e. The highest BCUT2D eigenvalue weighted by Crippen LogP contribution is 2.45. The van der Waals surface area contributed by atoms with E-state index in [0.717, 1.165) is 135 Å². The Hall–Kier alpha value is -4.05. The van der Waals surface area contributed by atoms with Crippen LogP contribution < -0.4 is 0 Å². The van der Waals surface area contributed by atoms with Crippen LogP contribution >= 0.6 is 15.6 Å². The zero-order chi connectivity index (χ0) is 66.7. The first-order valence-electron chi connectivity index (χ1n) is 34.8. The average Bonchev–Trinajstić information content (AvgIpc) is 3.63. The van der Waals surface area contributed by atoms with Crippen molar-refractivity contribution >= 4 is 33.6 Å². The number of aliphatic hydroxyl groups excluding tert-OH is 2. The van der Waals surface area contributed by atoms with Crippen molar-refractivity contribution in [3.05, 3.63) is 122 Å². The average molecular weight is 1320 g/mol. The highest BCUT2D eigenvalue weighted by Gasteiger charge is 2.29. The number of rotatable bonds is 65. The van der Waals surface area contributed by atoms with Crippen LogP contribution in [-0.4, -0.2) is 95.9 Å². The van der Waals surface area contributed by atoms with Crippen LogP contribution in [0.1, 0.15) is 265 Å². The maximum Gasteiger partial charge on any atom is 0.472 e. The van der Waals surface area contributed by atoms with Crippen molar-refractivity contribution < 1.29 is 75.8 Å². The summed E-state index contributed by atoms with van der Waals surface area (Å²) in [5.74, 6) is -1.65. The highest BCUT2D eigenvalue weighted by molar-refractivity contribution is 7.47. The van der Waals surface area contributed by atoms with Gasteiger partial charge in [-0.1, -0.05) is 264 Å². The van der Waals surface area contributed by atoms with E-state index in [-0.39, 0.29) is 19.3 Å². The molecule has 0 bridgehead atoms. The lowest BCUT2D eigenvalue weighted by Gasteiger charge is -2.21. The Morgan fingerprint density at radius 3 is 0.967 bits per heavy atom. The van der Waals surface area contributed by atoms with E-state index in [1.54, 1.807) is 0 Å². The molecule has 16 nitrogen and oxygen atoms in total. The van der Waals surface area contributed by atoms with Crippen molar-refractivity contribution in [2.75, 3.05) is 39.6 Å². The van der Waals surface area contributed by atoms with Crippen LogP contribution in [0.25, 0.3) is 0 Å². The Bertz CT molecular complexity index is 2140. The predicted octanol–water partition coefficient (Wildman–Crippen LogP) is 19.4. The van der Waals surface area contributed by atoms with Gasteiger partial charge in [-0.3, -0.25) is 32.5 Å². The van der Waals surface area contributed by atoms with E-state index < -0.39 is 91.5 Å². The number of phosphoric acid groups is 2. The van der Waals surface area contributed by atoms with E-state index >= 15 is 0 Å². The summed E-state index contributed by atoms with van der Waals surface area (Å²) in [5.41, 5.74) is 0. The molecule has 0 rings (SSSR count). The van der Waals surface area contributed by atoms with Gasteiger partial charge in [0.25, 0.3) is 0 Å². The number of ether oxygens (including phenoxy) is 3. The molecule has 0 fully saturated rings. The molecule has 0 amide bonds.